The Hall–Kier alpha value is -1.55. The fraction of sp³-hybridized carbons (Fsp3) is 0.588. The summed E-state index contributed by atoms with van der Waals surface area (Å²) in [5.74, 6) is 0.779. The van der Waals surface area contributed by atoms with Gasteiger partial charge in [0.25, 0.3) is 5.91 Å². The van der Waals surface area contributed by atoms with Crippen LogP contribution in [-0.2, 0) is 4.79 Å². The van der Waals surface area contributed by atoms with Crippen molar-refractivity contribution in [2.24, 2.45) is 5.92 Å². The normalized spacial score (nSPS) is 12.6. The first-order valence-electron chi connectivity index (χ1n) is 7.48. The standard InChI is InChI=1S/C17H27NO3/c1-12(2)16(10-19)18(13(3)4)17(20)11-21-15-8-6-14(5)7-9-15/h6-9,12-13,16,19H,10-11H2,1-5H3/t16-/m0/s1. The molecule has 0 fully saturated rings. The molecular formula is C17H27NO3. The van der Waals surface area contributed by atoms with Crippen molar-refractivity contribution >= 4 is 5.91 Å². The maximum absolute atomic E-state index is 12.4. The first kappa shape index (κ1) is 17.5. The van der Waals surface area contributed by atoms with Gasteiger partial charge in [0.2, 0.25) is 0 Å². The number of carbonyl (C=O) groups is 1. The van der Waals surface area contributed by atoms with E-state index in [2.05, 4.69) is 0 Å². The molecule has 0 saturated carbocycles. The highest BCUT2D eigenvalue weighted by atomic mass is 16.5. The van der Waals surface area contributed by atoms with Crippen LogP contribution in [0.25, 0.3) is 0 Å². The van der Waals surface area contributed by atoms with Gasteiger partial charge in [-0.25, -0.2) is 0 Å². The van der Waals surface area contributed by atoms with Gasteiger partial charge in [-0.15, -0.1) is 0 Å². The summed E-state index contributed by atoms with van der Waals surface area (Å²) in [4.78, 5) is 14.1. The Morgan fingerprint density at radius 3 is 2.19 bits per heavy atom. The second-order valence-electron chi connectivity index (χ2n) is 5.99. The third-order valence-electron chi connectivity index (χ3n) is 3.54. The minimum atomic E-state index is -0.181. The molecule has 0 aliphatic rings. The van der Waals surface area contributed by atoms with E-state index in [4.69, 9.17) is 4.74 Å². The van der Waals surface area contributed by atoms with Crippen molar-refractivity contribution in [3.05, 3.63) is 29.8 Å². The largest absolute Gasteiger partial charge is 0.484 e. The molecule has 21 heavy (non-hydrogen) atoms. The van der Waals surface area contributed by atoms with Gasteiger partial charge in [-0.05, 0) is 38.8 Å². The second-order valence-corrected chi connectivity index (χ2v) is 5.99. The zero-order chi connectivity index (χ0) is 16.0. The molecule has 0 aliphatic heterocycles. The number of benzene rings is 1. The van der Waals surface area contributed by atoms with Crippen LogP contribution in [-0.4, -0.2) is 41.2 Å². The SMILES string of the molecule is Cc1ccc(OCC(=O)N(C(C)C)[C@@H](CO)C(C)C)cc1. The molecule has 1 N–H and O–H groups in total. The molecule has 0 aliphatic carbocycles. The number of carbonyl (C=O) groups excluding carboxylic acids is 1. The Labute approximate surface area is 127 Å². The molecule has 4 nitrogen and oxygen atoms in total. The van der Waals surface area contributed by atoms with Gasteiger partial charge in [0, 0.05) is 6.04 Å². The molecule has 1 aromatic rings. The van der Waals surface area contributed by atoms with E-state index < -0.39 is 0 Å². The van der Waals surface area contributed by atoms with E-state index in [1.165, 1.54) is 0 Å². The molecule has 118 valence electrons. The Bertz CT molecular complexity index is 440. The number of hydrogen-bond donors (Lipinski definition) is 1. The maximum Gasteiger partial charge on any atom is 0.261 e. The fourth-order valence-electron chi connectivity index (χ4n) is 2.33. The summed E-state index contributed by atoms with van der Waals surface area (Å²) in [7, 11) is 0. The molecule has 1 atom stereocenters. The molecule has 0 radical (unpaired) electrons. The summed E-state index contributed by atoms with van der Waals surface area (Å²) >= 11 is 0. The lowest BCUT2D eigenvalue weighted by Gasteiger charge is -2.36. The van der Waals surface area contributed by atoms with Gasteiger partial charge in [0.15, 0.2) is 6.61 Å². The van der Waals surface area contributed by atoms with Gasteiger partial charge < -0.3 is 14.7 Å². The molecule has 4 heteroatoms. The topological polar surface area (TPSA) is 49.8 Å². The van der Waals surface area contributed by atoms with Crippen LogP contribution in [0.1, 0.15) is 33.3 Å². The first-order valence-corrected chi connectivity index (χ1v) is 7.48. The summed E-state index contributed by atoms with van der Waals surface area (Å²) < 4.78 is 5.56. The highest BCUT2D eigenvalue weighted by Crippen LogP contribution is 2.16. The van der Waals surface area contributed by atoms with E-state index in [1.54, 1.807) is 4.90 Å². The van der Waals surface area contributed by atoms with Crippen LogP contribution in [0.2, 0.25) is 0 Å². The number of nitrogens with zero attached hydrogens (tertiary/aromatic N) is 1. The van der Waals surface area contributed by atoms with Crippen LogP contribution >= 0.6 is 0 Å². The lowest BCUT2D eigenvalue weighted by molar-refractivity contribution is -0.140. The number of aliphatic hydroxyl groups is 1. The fourth-order valence-corrected chi connectivity index (χ4v) is 2.33. The summed E-state index contributed by atoms with van der Waals surface area (Å²) in [6.07, 6.45) is 0. The van der Waals surface area contributed by atoms with Crippen molar-refractivity contribution in [2.75, 3.05) is 13.2 Å². The van der Waals surface area contributed by atoms with Crippen LogP contribution in [0.3, 0.4) is 0 Å². The molecular weight excluding hydrogens is 266 g/mol. The van der Waals surface area contributed by atoms with E-state index in [0.29, 0.717) is 5.75 Å². The zero-order valence-electron chi connectivity index (χ0n) is 13.7. The quantitative estimate of drug-likeness (QED) is 0.841. The van der Waals surface area contributed by atoms with E-state index in [9.17, 15) is 9.90 Å². The molecule has 0 bridgehead atoms. The third kappa shape index (κ3) is 5.05. The zero-order valence-corrected chi connectivity index (χ0v) is 13.7. The molecule has 1 amide bonds. The maximum atomic E-state index is 12.4. The summed E-state index contributed by atoms with van der Waals surface area (Å²) in [5.41, 5.74) is 1.15. The van der Waals surface area contributed by atoms with Crippen molar-refractivity contribution in [1.82, 2.24) is 4.90 Å². The van der Waals surface area contributed by atoms with Crippen molar-refractivity contribution in [2.45, 2.75) is 46.7 Å². The van der Waals surface area contributed by atoms with Crippen molar-refractivity contribution in [3.63, 3.8) is 0 Å². The Balaban J connectivity index is 2.71. The van der Waals surface area contributed by atoms with E-state index in [0.717, 1.165) is 5.56 Å². The van der Waals surface area contributed by atoms with E-state index >= 15 is 0 Å². The minimum Gasteiger partial charge on any atom is -0.484 e. The minimum absolute atomic E-state index is 0.00946. The van der Waals surface area contributed by atoms with Gasteiger partial charge in [-0.2, -0.15) is 0 Å². The van der Waals surface area contributed by atoms with Gasteiger partial charge in [0.1, 0.15) is 5.75 Å². The Morgan fingerprint density at radius 1 is 1.19 bits per heavy atom. The number of ether oxygens (including phenoxy) is 1. The molecule has 1 rings (SSSR count). The lowest BCUT2D eigenvalue weighted by atomic mass is 10.0. The first-order chi connectivity index (χ1) is 9.86. The van der Waals surface area contributed by atoms with Gasteiger partial charge in [-0.3, -0.25) is 4.79 Å². The summed E-state index contributed by atoms with van der Waals surface area (Å²) in [5, 5.41) is 9.55. The van der Waals surface area contributed by atoms with E-state index in [1.807, 2.05) is 58.9 Å². The molecule has 0 heterocycles. The smallest absolute Gasteiger partial charge is 0.261 e. The van der Waals surface area contributed by atoms with E-state index in [-0.39, 0.29) is 37.1 Å². The molecule has 0 spiro atoms. The average molecular weight is 293 g/mol. The van der Waals surface area contributed by atoms with Gasteiger partial charge in [-0.1, -0.05) is 31.5 Å². The van der Waals surface area contributed by atoms with Crippen LogP contribution in [0.4, 0.5) is 0 Å². The Kier molecular flexibility index (Phi) is 6.69. The number of aryl methyl sites for hydroxylation is 1. The predicted octanol–water partition coefficient (Wildman–Crippen LogP) is 2.63. The Morgan fingerprint density at radius 2 is 1.76 bits per heavy atom. The number of aliphatic hydroxyl groups excluding tert-OH is 1. The van der Waals surface area contributed by atoms with Crippen molar-refractivity contribution in [1.29, 1.82) is 0 Å². The number of rotatable bonds is 7. The van der Waals surface area contributed by atoms with Gasteiger partial charge in [0.05, 0.1) is 12.6 Å². The number of amides is 1. The summed E-state index contributed by atoms with van der Waals surface area (Å²) in [6.45, 7) is 9.87. The molecule has 0 unspecified atom stereocenters. The van der Waals surface area contributed by atoms with Gasteiger partial charge >= 0.3 is 0 Å². The third-order valence-corrected chi connectivity index (χ3v) is 3.54. The molecule has 1 aromatic carbocycles. The average Bonchev–Trinajstić information content (AvgIpc) is 2.42. The lowest BCUT2D eigenvalue weighted by Crippen LogP contribution is -2.50. The second kappa shape index (κ2) is 8.03. The predicted molar refractivity (Wildman–Crippen MR) is 84.4 cm³/mol. The molecule has 0 aromatic heterocycles. The highest BCUT2D eigenvalue weighted by Gasteiger charge is 2.28. The van der Waals surface area contributed by atoms with Crippen LogP contribution in [0.5, 0.6) is 5.75 Å². The number of hydrogen-bond acceptors (Lipinski definition) is 3. The van der Waals surface area contributed by atoms with Crippen LogP contribution < -0.4 is 4.74 Å². The summed E-state index contributed by atoms with van der Waals surface area (Å²) in [6, 6.07) is 7.45. The van der Waals surface area contributed by atoms with Crippen LogP contribution in [0, 0.1) is 12.8 Å². The van der Waals surface area contributed by atoms with Crippen molar-refractivity contribution < 1.29 is 14.6 Å². The monoisotopic (exact) mass is 293 g/mol. The van der Waals surface area contributed by atoms with Crippen LogP contribution in [0.15, 0.2) is 24.3 Å². The highest BCUT2D eigenvalue weighted by molar-refractivity contribution is 5.78. The van der Waals surface area contributed by atoms with Crippen molar-refractivity contribution in [3.8, 4) is 5.75 Å². The molecule has 0 saturated heterocycles.